The van der Waals surface area contributed by atoms with Gasteiger partial charge in [-0.3, -0.25) is 9.59 Å². The van der Waals surface area contributed by atoms with Gasteiger partial charge in [0.15, 0.2) is 0 Å². The number of carbonyl (C=O) groups is 2. The zero-order chi connectivity index (χ0) is 21.8. The molecule has 156 valence electrons. The van der Waals surface area contributed by atoms with E-state index in [0.29, 0.717) is 6.42 Å². The SMILES string of the molecule is O=C1N=c2ccc(S(=O)(=O)N(CCc3ccccc3)Cc3ccccc3)cc2=NC1=O. The second kappa shape index (κ2) is 8.71. The van der Waals surface area contributed by atoms with Gasteiger partial charge < -0.3 is 0 Å². The molecule has 31 heavy (non-hydrogen) atoms. The molecule has 4 rings (SSSR count). The van der Waals surface area contributed by atoms with Crippen molar-refractivity contribution in [2.75, 3.05) is 6.54 Å². The molecule has 1 aliphatic heterocycles. The molecule has 1 aliphatic rings. The molecule has 7 nitrogen and oxygen atoms in total. The van der Waals surface area contributed by atoms with Crippen LogP contribution in [0.25, 0.3) is 0 Å². The molecule has 0 aromatic heterocycles. The largest absolute Gasteiger partial charge is 0.338 e. The van der Waals surface area contributed by atoms with Crippen molar-refractivity contribution in [3.8, 4) is 0 Å². The second-order valence-corrected chi connectivity index (χ2v) is 8.98. The third-order valence-corrected chi connectivity index (χ3v) is 6.75. The quantitative estimate of drug-likeness (QED) is 0.527. The summed E-state index contributed by atoms with van der Waals surface area (Å²) in [5.41, 5.74) is 1.89. The Labute approximate surface area is 179 Å². The summed E-state index contributed by atoms with van der Waals surface area (Å²) in [5, 5.41) is 0.260. The number of hydrogen-bond donors (Lipinski definition) is 0. The summed E-state index contributed by atoms with van der Waals surface area (Å²) < 4.78 is 28.4. The summed E-state index contributed by atoms with van der Waals surface area (Å²) in [6.45, 7) is 0.475. The Balaban J connectivity index is 1.70. The molecule has 1 heterocycles. The summed E-state index contributed by atoms with van der Waals surface area (Å²) in [4.78, 5) is 30.3. The van der Waals surface area contributed by atoms with Gasteiger partial charge in [0.05, 0.1) is 15.6 Å². The van der Waals surface area contributed by atoms with E-state index in [0.717, 1.165) is 11.1 Å². The zero-order valence-electron chi connectivity index (χ0n) is 16.5. The molecule has 8 heteroatoms. The highest BCUT2D eigenvalue weighted by Crippen LogP contribution is 2.18. The topological polar surface area (TPSA) is 96.2 Å². The maximum Gasteiger partial charge on any atom is 0.338 e. The predicted octanol–water partition coefficient (Wildman–Crippen LogP) is 1.43. The average Bonchev–Trinajstić information content (AvgIpc) is 2.78. The van der Waals surface area contributed by atoms with Crippen molar-refractivity contribution in [3.63, 3.8) is 0 Å². The number of carbonyl (C=O) groups excluding carboxylic acids is 2. The maximum atomic E-state index is 13.5. The predicted molar refractivity (Wildman–Crippen MR) is 113 cm³/mol. The van der Waals surface area contributed by atoms with Crippen molar-refractivity contribution in [3.05, 3.63) is 101 Å². The number of sulfonamides is 1. The molecule has 0 saturated carbocycles. The first-order valence-corrected chi connectivity index (χ1v) is 11.1. The van der Waals surface area contributed by atoms with Gasteiger partial charge in [0.25, 0.3) is 0 Å². The summed E-state index contributed by atoms with van der Waals surface area (Å²) in [6, 6.07) is 23.1. The molecule has 0 radical (unpaired) electrons. The first-order chi connectivity index (χ1) is 14.9. The maximum absolute atomic E-state index is 13.5. The fourth-order valence-corrected chi connectivity index (χ4v) is 4.73. The molecule has 0 aliphatic carbocycles. The number of rotatable bonds is 7. The van der Waals surface area contributed by atoms with Gasteiger partial charge in [-0.1, -0.05) is 60.7 Å². The average molecular weight is 433 g/mol. The first-order valence-electron chi connectivity index (χ1n) is 9.67. The molecular weight excluding hydrogens is 414 g/mol. The summed E-state index contributed by atoms with van der Waals surface area (Å²) in [5.74, 6) is -1.97. The monoisotopic (exact) mass is 433 g/mol. The van der Waals surface area contributed by atoms with E-state index in [-0.39, 0.29) is 28.7 Å². The van der Waals surface area contributed by atoms with E-state index >= 15 is 0 Å². The Hall–Kier alpha value is -3.49. The normalized spacial score (nSPS) is 13.5. The van der Waals surface area contributed by atoms with Crippen LogP contribution in [0.15, 0.2) is 93.7 Å². The third kappa shape index (κ3) is 4.65. The van der Waals surface area contributed by atoms with Crippen molar-refractivity contribution in [2.24, 2.45) is 9.98 Å². The van der Waals surface area contributed by atoms with Gasteiger partial charge in [-0.05, 0) is 35.7 Å². The van der Waals surface area contributed by atoms with Crippen LogP contribution in [-0.2, 0) is 32.6 Å². The van der Waals surface area contributed by atoms with E-state index in [2.05, 4.69) is 9.98 Å². The van der Waals surface area contributed by atoms with Crippen LogP contribution in [0.2, 0.25) is 0 Å². The minimum atomic E-state index is -3.90. The number of hydrogen-bond acceptors (Lipinski definition) is 4. The van der Waals surface area contributed by atoms with Crippen LogP contribution in [0.4, 0.5) is 0 Å². The minimum absolute atomic E-state index is 0.00339. The molecule has 3 aromatic rings. The lowest BCUT2D eigenvalue weighted by Crippen LogP contribution is -2.37. The molecule has 0 bridgehead atoms. The molecule has 0 N–H and O–H groups in total. The molecule has 0 atom stereocenters. The summed E-state index contributed by atoms with van der Waals surface area (Å²) in [7, 11) is -3.90. The van der Waals surface area contributed by atoms with Gasteiger partial charge in [0.1, 0.15) is 0 Å². The van der Waals surface area contributed by atoms with Crippen LogP contribution >= 0.6 is 0 Å². The van der Waals surface area contributed by atoms with Crippen molar-refractivity contribution >= 4 is 21.8 Å². The molecule has 0 unspecified atom stereocenters. The second-order valence-electron chi connectivity index (χ2n) is 7.04. The number of nitrogens with zero attached hydrogens (tertiary/aromatic N) is 3. The number of amides is 2. The molecule has 2 amide bonds. The van der Waals surface area contributed by atoms with Gasteiger partial charge in [-0.15, -0.1) is 0 Å². The van der Waals surface area contributed by atoms with E-state index in [1.807, 2.05) is 60.7 Å². The van der Waals surface area contributed by atoms with Crippen molar-refractivity contribution in [1.82, 2.24) is 4.31 Å². The van der Waals surface area contributed by atoms with E-state index < -0.39 is 21.8 Å². The first kappa shape index (κ1) is 20.8. The van der Waals surface area contributed by atoms with E-state index in [1.54, 1.807) is 0 Å². The molecular formula is C23H19N3O4S. The molecule has 0 spiro atoms. The van der Waals surface area contributed by atoms with Gasteiger partial charge in [-0.25, -0.2) is 18.4 Å². The molecule has 0 fully saturated rings. The Morgan fingerprint density at radius 2 is 1.29 bits per heavy atom. The molecule has 3 aromatic carbocycles. The standard InChI is InChI=1S/C23H19N3O4S/c27-22-23(28)25-21-15-19(11-12-20(21)24-22)31(29,30)26(16-18-9-5-2-6-10-18)14-13-17-7-3-1-4-8-17/h1-12,15H,13-14,16H2. The number of benzene rings is 3. The zero-order valence-corrected chi connectivity index (χ0v) is 17.3. The highest BCUT2D eigenvalue weighted by molar-refractivity contribution is 7.89. The van der Waals surface area contributed by atoms with Crippen molar-refractivity contribution in [2.45, 2.75) is 17.9 Å². The van der Waals surface area contributed by atoms with Crippen LogP contribution in [0.1, 0.15) is 11.1 Å². The van der Waals surface area contributed by atoms with Crippen molar-refractivity contribution < 1.29 is 18.0 Å². The molecule has 0 saturated heterocycles. The third-order valence-electron chi connectivity index (χ3n) is 4.91. The van der Waals surface area contributed by atoms with Gasteiger partial charge in [-0.2, -0.15) is 4.31 Å². The van der Waals surface area contributed by atoms with Crippen LogP contribution < -0.4 is 10.7 Å². The smallest absolute Gasteiger partial charge is 0.261 e. The van der Waals surface area contributed by atoms with Crippen LogP contribution in [0.5, 0.6) is 0 Å². The van der Waals surface area contributed by atoms with Crippen molar-refractivity contribution in [1.29, 1.82) is 0 Å². The van der Waals surface area contributed by atoms with Crippen LogP contribution in [0.3, 0.4) is 0 Å². The van der Waals surface area contributed by atoms with E-state index in [4.69, 9.17) is 0 Å². The van der Waals surface area contributed by atoms with E-state index in [1.165, 1.54) is 22.5 Å². The Kier molecular flexibility index (Phi) is 5.83. The highest BCUT2D eigenvalue weighted by Gasteiger charge is 2.26. The van der Waals surface area contributed by atoms with E-state index in [9.17, 15) is 18.0 Å². The highest BCUT2D eigenvalue weighted by atomic mass is 32.2. The summed E-state index contributed by atoms with van der Waals surface area (Å²) >= 11 is 0. The Morgan fingerprint density at radius 1 is 0.710 bits per heavy atom. The number of fused-ring (bicyclic) bond motifs is 1. The fraction of sp³-hybridized carbons (Fsp3) is 0.130. The van der Waals surface area contributed by atoms with Crippen LogP contribution in [0, 0.1) is 0 Å². The minimum Gasteiger partial charge on any atom is -0.261 e. The Bertz CT molecular complexity index is 1350. The lowest BCUT2D eigenvalue weighted by atomic mass is 10.1. The fourth-order valence-electron chi connectivity index (χ4n) is 3.28. The summed E-state index contributed by atoms with van der Waals surface area (Å²) in [6.07, 6.45) is 0.546. The lowest BCUT2D eigenvalue weighted by molar-refractivity contribution is -0.135. The van der Waals surface area contributed by atoms with Gasteiger partial charge in [0, 0.05) is 13.1 Å². The van der Waals surface area contributed by atoms with Crippen LogP contribution in [-0.4, -0.2) is 31.1 Å². The lowest BCUT2D eigenvalue weighted by Gasteiger charge is -2.22. The van der Waals surface area contributed by atoms with Gasteiger partial charge >= 0.3 is 11.8 Å². The van der Waals surface area contributed by atoms with Gasteiger partial charge in [0.2, 0.25) is 10.0 Å². The Morgan fingerprint density at radius 3 is 1.94 bits per heavy atom.